The molecule has 76 valence electrons. The van der Waals surface area contributed by atoms with Crippen molar-refractivity contribution in [2.24, 2.45) is 5.92 Å². The van der Waals surface area contributed by atoms with E-state index in [1.54, 1.807) is 0 Å². The average Bonchev–Trinajstić information content (AvgIpc) is 2.14. The molecule has 0 aromatic heterocycles. The van der Waals surface area contributed by atoms with Crippen molar-refractivity contribution in [2.75, 3.05) is 33.7 Å². The third-order valence-electron chi connectivity index (χ3n) is 2.50. The SMILES string of the molecule is CNC(=S)NCC1CCCN(C)C1. The Balaban J connectivity index is 2.17. The maximum atomic E-state index is 5.02. The van der Waals surface area contributed by atoms with E-state index in [4.69, 9.17) is 12.2 Å². The number of hydrogen-bond acceptors (Lipinski definition) is 2. The second kappa shape index (κ2) is 5.40. The fraction of sp³-hybridized carbons (Fsp3) is 0.889. The van der Waals surface area contributed by atoms with Gasteiger partial charge in [0.1, 0.15) is 0 Å². The molecule has 1 fully saturated rings. The average molecular weight is 201 g/mol. The summed E-state index contributed by atoms with van der Waals surface area (Å²) >= 11 is 5.02. The van der Waals surface area contributed by atoms with E-state index >= 15 is 0 Å². The second-order valence-corrected chi connectivity index (χ2v) is 4.14. The number of rotatable bonds is 2. The molecule has 0 aliphatic carbocycles. The van der Waals surface area contributed by atoms with E-state index < -0.39 is 0 Å². The van der Waals surface area contributed by atoms with E-state index in [0.717, 1.165) is 17.6 Å². The molecule has 0 bridgehead atoms. The maximum absolute atomic E-state index is 5.02. The molecule has 2 N–H and O–H groups in total. The number of likely N-dealkylation sites (tertiary alicyclic amines) is 1. The summed E-state index contributed by atoms with van der Waals surface area (Å²) in [6, 6.07) is 0. The highest BCUT2D eigenvalue weighted by Crippen LogP contribution is 2.13. The number of nitrogens with zero attached hydrogens (tertiary/aromatic N) is 1. The van der Waals surface area contributed by atoms with Crippen LogP contribution in [0.1, 0.15) is 12.8 Å². The molecule has 1 heterocycles. The number of piperidine rings is 1. The quantitative estimate of drug-likeness (QED) is 0.633. The van der Waals surface area contributed by atoms with Crippen LogP contribution in [0.5, 0.6) is 0 Å². The second-order valence-electron chi connectivity index (χ2n) is 3.73. The topological polar surface area (TPSA) is 27.3 Å². The van der Waals surface area contributed by atoms with Gasteiger partial charge in [-0.15, -0.1) is 0 Å². The van der Waals surface area contributed by atoms with Gasteiger partial charge in [-0.05, 0) is 44.6 Å². The van der Waals surface area contributed by atoms with Gasteiger partial charge < -0.3 is 15.5 Å². The lowest BCUT2D eigenvalue weighted by atomic mass is 9.99. The lowest BCUT2D eigenvalue weighted by Gasteiger charge is -2.29. The van der Waals surface area contributed by atoms with E-state index in [2.05, 4.69) is 22.6 Å². The van der Waals surface area contributed by atoms with Gasteiger partial charge in [0.25, 0.3) is 0 Å². The van der Waals surface area contributed by atoms with E-state index in [1.807, 2.05) is 7.05 Å². The molecule has 3 nitrogen and oxygen atoms in total. The van der Waals surface area contributed by atoms with Crippen LogP contribution in [0.15, 0.2) is 0 Å². The van der Waals surface area contributed by atoms with Crippen molar-refractivity contribution in [3.63, 3.8) is 0 Å². The molecule has 1 saturated heterocycles. The highest BCUT2D eigenvalue weighted by molar-refractivity contribution is 7.80. The van der Waals surface area contributed by atoms with Gasteiger partial charge in [-0.25, -0.2) is 0 Å². The zero-order chi connectivity index (χ0) is 9.68. The lowest BCUT2D eigenvalue weighted by molar-refractivity contribution is 0.211. The zero-order valence-corrected chi connectivity index (χ0v) is 9.28. The minimum Gasteiger partial charge on any atom is -0.366 e. The monoisotopic (exact) mass is 201 g/mol. The Labute approximate surface area is 85.9 Å². The van der Waals surface area contributed by atoms with Gasteiger partial charge in [0, 0.05) is 20.1 Å². The Morgan fingerprint density at radius 2 is 2.38 bits per heavy atom. The number of nitrogens with one attached hydrogen (secondary N) is 2. The summed E-state index contributed by atoms with van der Waals surface area (Å²) in [4.78, 5) is 2.39. The van der Waals surface area contributed by atoms with Crippen molar-refractivity contribution >= 4 is 17.3 Å². The highest BCUT2D eigenvalue weighted by Gasteiger charge is 2.16. The van der Waals surface area contributed by atoms with Gasteiger partial charge >= 0.3 is 0 Å². The summed E-state index contributed by atoms with van der Waals surface area (Å²) in [7, 11) is 4.03. The summed E-state index contributed by atoms with van der Waals surface area (Å²) < 4.78 is 0. The van der Waals surface area contributed by atoms with Crippen LogP contribution in [0, 0.1) is 5.92 Å². The molecule has 0 spiro atoms. The van der Waals surface area contributed by atoms with Gasteiger partial charge in [-0.1, -0.05) is 0 Å². The highest BCUT2D eigenvalue weighted by atomic mass is 32.1. The Kier molecular flexibility index (Phi) is 4.45. The molecule has 13 heavy (non-hydrogen) atoms. The van der Waals surface area contributed by atoms with Crippen LogP contribution in [-0.2, 0) is 0 Å². The Hall–Kier alpha value is -0.350. The first-order valence-corrected chi connectivity index (χ1v) is 5.27. The minimum atomic E-state index is 0.755. The Morgan fingerprint density at radius 1 is 1.62 bits per heavy atom. The van der Waals surface area contributed by atoms with Gasteiger partial charge in [0.15, 0.2) is 5.11 Å². The maximum Gasteiger partial charge on any atom is 0.166 e. The van der Waals surface area contributed by atoms with Crippen LogP contribution in [0.2, 0.25) is 0 Å². The largest absolute Gasteiger partial charge is 0.366 e. The first kappa shape index (κ1) is 10.7. The van der Waals surface area contributed by atoms with Crippen molar-refractivity contribution in [2.45, 2.75) is 12.8 Å². The molecule has 0 aromatic carbocycles. The molecule has 4 heteroatoms. The van der Waals surface area contributed by atoms with Crippen LogP contribution < -0.4 is 10.6 Å². The zero-order valence-electron chi connectivity index (χ0n) is 8.47. The van der Waals surface area contributed by atoms with Crippen molar-refractivity contribution in [3.8, 4) is 0 Å². The van der Waals surface area contributed by atoms with E-state index in [9.17, 15) is 0 Å². The first-order valence-electron chi connectivity index (χ1n) is 4.86. The molecule has 0 saturated carbocycles. The van der Waals surface area contributed by atoms with Crippen LogP contribution >= 0.6 is 12.2 Å². The van der Waals surface area contributed by atoms with Gasteiger partial charge in [-0.2, -0.15) is 0 Å². The predicted octanol–water partition coefficient (Wildman–Crippen LogP) is 0.422. The summed E-state index contributed by atoms with van der Waals surface area (Å²) in [5.74, 6) is 0.755. The van der Waals surface area contributed by atoms with Crippen LogP contribution in [0.25, 0.3) is 0 Å². The standard InChI is InChI=1S/C9H19N3S/c1-10-9(13)11-6-8-4-3-5-12(2)7-8/h8H,3-7H2,1-2H3,(H2,10,11,13). The van der Waals surface area contributed by atoms with Crippen molar-refractivity contribution in [3.05, 3.63) is 0 Å². The van der Waals surface area contributed by atoms with Gasteiger partial charge in [-0.3, -0.25) is 0 Å². The molecule has 0 radical (unpaired) electrons. The summed E-state index contributed by atoms with van der Waals surface area (Å²) in [6.45, 7) is 3.44. The van der Waals surface area contributed by atoms with Crippen LogP contribution in [0.4, 0.5) is 0 Å². The van der Waals surface area contributed by atoms with E-state index in [-0.39, 0.29) is 0 Å². The minimum absolute atomic E-state index is 0.755. The molecule has 1 aliphatic rings. The molecular formula is C9H19N3S. The lowest BCUT2D eigenvalue weighted by Crippen LogP contribution is -2.41. The molecule has 1 unspecified atom stereocenters. The number of thiocarbonyl (C=S) groups is 1. The van der Waals surface area contributed by atoms with Crippen LogP contribution in [0.3, 0.4) is 0 Å². The summed E-state index contributed by atoms with van der Waals surface area (Å²) in [6.07, 6.45) is 2.64. The van der Waals surface area contributed by atoms with E-state index in [1.165, 1.54) is 25.9 Å². The van der Waals surface area contributed by atoms with Crippen molar-refractivity contribution in [1.82, 2.24) is 15.5 Å². The third-order valence-corrected chi connectivity index (χ3v) is 2.85. The Morgan fingerprint density at radius 3 is 3.00 bits per heavy atom. The van der Waals surface area contributed by atoms with Crippen molar-refractivity contribution < 1.29 is 0 Å². The summed E-state index contributed by atoms with van der Waals surface area (Å²) in [5.41, 5.74) is 0. The molecule has 0 aromatic rings. The predicted molar refractivity (Wildman–Crippen MR) is 59.9 cm³/mol. The molecule has 0 amide bonds. The van der Waals surface area contributed by atoms with Gasteiger partial charge in [0.05, 0.1) is 0 Å². The molecule has 1 rings (SSSR count). The smallest absolute Gasteiger partial charge is 0.166 e. The fourth-order valence-corrected chi connectivity index (χ4v) is 1.85. The fourth-order valence-electron chi connectivity index (χ4n) is 1.77. The number of hydrogen-bond donors (Lipinski definition) is 2. The molecule has 1 aliphatic heterocycles. The normalized spacial score (nSPS) is 24.0. The third kappa shape index (κ3) is 3.91. The summed E-state index contributed by atoms with van der Waals surface area (Å²) in [5, 5.41) is 6.90. The van der Waals surface area contributed by atoms with Gasteiger partial charge in [0.2, 0.25) is 0 Å². The van der Waals surface area contributed by atoms with Crippen LogP contribution in [-0.4, -0.2) is 43.7 Å². The first-order chi connectivity index (χ1) is 6.22. The molecule has 1 atom stereocenters. The molecular weight excluding hydrogens is 182 g/mol. The van der Waals surface area contributed by atoms with E-state index in [0.29, 0.717) is 0 Å². The van der Waals surface area contributed by atoms with Crippen molar-refractivity contribution in [1.29, 1.82) is 0 Å². The Bertz CT molecular complexity index is 172.